The zero-order valence-corrected chi connectivity index (χ0v) is 18.1. The van der Waals surface area contributed by atoms with Gasteiger partial charge in [-0.2, -0.15) is 0 Å². The SMILES string of the molecule is C=CC(=O)N1CCC(C(=O)Nc2nc3ccc(NS(=O)(=O)c4cccs4)cc3s2)C1. The minimum absolute atomic E-state index is 0.178. The fourth-order valence-corrected chi connectivity index (χ4v) is 6.12. The molecule has 4 rings (SSSR count). The lowest BCUT2D eigenvalue weighted by Crippen LogP contribution is -2.30. The Hall–Kier alpha value is -2.76. The number of nitrogens with one attached hydrogen (secondary N) is 2. The predicted molar refractivity (Wildman–Crippen MR) is 118 cm³/mol. The van der Waals surface area contributed by atoms with E-state index in [0.717, 1.165) is 16.0 Å². The Kier molecular flexibility index (Phi) is 5.58. The Balaban J connectivity index is 1.46. The molecule has 1 aliphatic rings. The number of amides is 2. The van der Waals surface area contributed by atoms with Gasteiger partial charge in [0.25, 0.3) is 10.0 Å². The second kappa shape index (κ2) is 8.17. The Labute approximate surface area is 181 Å². The molecule has 0 radical (unpaired) electrons. The van der Waals surface area contributed by atoms with E-state index in [2.05, 4.69) is 21.6 Å². The van der Waals surface area contributed by atoms with Gasteiger partial charge in [-0.1, -0.05) is 24.0 Å². The minimum atomic E-state index is -3.63. The highest BCUT2D eigenvalue weighted by atomic mass is 32.2. The van der Waals surface area contributed by atoms with Gasteiger partial charge in [-0.05, 0) is 42.1 Å². The molecule has 3 heterocycles. The van der Waals surface area contributed by atoms with E-state index in [-0.39, 0.29) is 21.9 Å². The third-order valence-electron chi connectivity index (χ3n) is 4.68. The van der Waals surface area contributed by atoms with Crippen LogP contribution in [-0.4, -0.2) is 43.2 Å². The molecule has 1 aromatic carbocycles. The summed E-state index contributed by atoms with van der Waals surface area (Å²) in [5.41, 5.74) is 1.08. The maximum absolute atomic E-state index is 12.5. The van der Waals surface area contributed by atoms with Crippen molar-refractivity contribution in [3.63, 3.8) is 0 Å². The van der Waals surface area contributed by atoms with Crippen LogP contribution in [-0.2, 0) is 19.6 Å². The summed E-state index contributed by atoms with van der Waals surface area (Å²) in [6, 6.07) is 8.24. The number of anilines is 2. The lowest BCUT2D eigenvalue weighted by Gasteiger charge is -2.13. The van der Waals surface area contributed by atoms with Crippen LogP contribution in [0.1, 0.15) is 6.42 Å². The van der Waals surface area contributed by atoms with E-state index in [4.69, 9.17) is 0 Å². The zero-order valence-electron chi connectivity index (χ0n) is 15.7. The number of likely N-dealkylation sites (tertiary alicyclic amines) is 1. The lowest BCUT2D eigenvalue weighted by molar-refractivity contribution is -0.125. The van der Waals surface area contributed by atoms with Crippen molar-refractivity contribution in [2.24, 2.45) is 5.92 Å². The number of nitrogens with zero attached hydrogens (tertiary/aromatic N) is 2. The van der Waals surface area contributed by atoms with Crippen LogP contribution in [0.2, 0.25) is 0 Å². The first kappa shape index (κ1) is 20.5. The number of thiazole rings is 1. The summed E-state index contributed by atoms with van der Waals surface area (Å²) in [6.07, 6.45) is 1.84. The first-order valence-corrected chi connectivity index (χ1v) is 12.2. The Bertz CT molecular complexity index is 1220. The van der Waals surface area contributed by atoms with E-state index >= 15 is 0 Å². The van der Waals surface area contributed by atoms with Crippen LogP contribution in [0.5, 0.6) is 0 Å². The minimum Gasteiger partial charge on any atom is -0.338 e. The number of carbonyl (C=O) groups excluding carboxylic acids is 2. The zero-order chi connectivity index (χ0) is 21.3. The number of sulfonamides is 1. The van der Waals surface area contributed by atoms with Gasteiger partial charge in [-0.25, -0.2) is 13.4 Å². The largest absolute Gasteiger partial charge is 0.338 e. The highest BCUT2D eigenvalue weighted by Crippen LogP contribution is 2.30. The molecule has 1 fully saturated rings. The topological polar surface area (TPSA) is 108 Å². The van der Waals surface area contributed by atoms with Gasteiger partial charge in [-0.15, -0.1) is 11.3 Å². The van der Waals surface area contributed by atoms with E-state index in [9.17, 15) is 18.0 Å². The van der Waals surface area contributed by atoms with Gasteiger partial charge >= 0.3 is 0 Å². The van der Waals surface area contributed by atoms with Crippen molar-refractivity contribution in [1.29, 1.82) is 0 Å². The number of thiophene rings is 1. The molecule has 2 aromatic heterocycles. The summed E-state index contributed by atoms with van der Waals surface area (Å²) in [7, 11) is -3.63. The van der Waals surface area contributed by atoms with Crippen molar-refractivity contribution >= 4 is 65.5 Å². The summed E-state index contributed by atoms with van der Waals surface area (Å²) in [6.45, 7) is 4.35. The Morgan fingerprint density at radius 3 is 2.87 bits per heavy atom. The Morgan fingerprint density at radius 2 is 2.13 bits per heavy atom. The molecule has 1 saturated heterocycles. The molecule has 1 aliphatic heterocycles. The molecule has 2 N–H and O–H groups in total. The highest BCUT2D eigenvalue weighted by Gasteiger charge is 2.30. The number of benzene rings is 1. The quantitative estimate of drug-likeness (QED) is 0.547. The summed E-state index contributed by atoms with van der Waals surface area (Å²) >= 11 is 2.40. The average Bonchev–Trinajstić information content (AvgIpc) is 3.46. The fourth-order valence-electron chi connectivity index (χ4n) is 3.17. The van der Waals surface area contributed by atoms with E-state index in [1.165, 1.54) is 17.4 Å². The number of carbonyl (C=O) groups is 2. The smallest absolute Gasteiger partial charge is 0.271 e. The summed E-state index contributed by atoms with van der Waals surface area (Å²) in [5.74, 6) is -0.663. The number of aromatic nitrogens is 1. The molecule has 0 spiro atoms. The van der Waals surface area contributed by atoms with Gasteiger partial charge in [0.1, 0.15) is 4.21 Å². The predicted octanol–water partition coefficient (Wildman–Crippen LogP) is 3.13. The molecule has 8 nitrogen and oxygen atoms in total. The van der Waals surface area contributed by atoms with Crippen LogP contribution in [0, 0.1) is 5.92 Å². The van der Waals surface area contributed by atoms with E-state index in [1.807, 2.05) is 0 Å². The normalized spacial score (nSPS) is 16.5. The van der Waals surface area contributed by atoms with Gasteiger partial charge in [0, 0.05) is 13.1 Å². The molecule has 11 heteroatoms. The third kappa shape index (κ3) is 4.23. The van der Waals surface area contributed by atoms with Crippen molar-refractivity contribution in [2.75, 3.05) is 23.1 Å². The molecule has 1 unspecified atom stereocenters. The molecule has 0 bridgehead atoms. The van der Waals surface area contributed by atoms with E-state index < -0.39 is 10.0 Å². The number of fused-ring (bicyclic) bond motifs is 1. The van der Waals surface area contributed by atoms with Crippen LogP contribution >= 0.6 is 22.7 Å². The number of hydrogen-bond donors (Lipinski definition) is 2. The first-order chi connectivity index (χ1) is 14.4. The molecule has 2 amide bonds. The van der Waals surface area contributed by atoms with Crippen LogP contribution in [0.15, 0.2) is 52.6 Å². The Morgan fingerprint density at radius 1 is 1.30 bits per heavy atom. The molecular weight excluding hydrogens is 444 g/mol. The van der Waals surface area contributed by atoms with Gasteiger partial charge in [0.05, 0.1) is 21.8 Å². The van der Waals surface area contributed by atoms with E-state index in [1.54, 1.807) is 40.6 Å². The second-order valence-corrected chi connectivity index (χ2v) is 10.6. The number of rotatable bonds is 6. The third-order valence-corrected chi connectivity index (χ3v) is 8.39. The average molecular weight is 463 g/mol. The van der Waals surface area contributed by atoms with E-state index in [0.29, 0.717) is 35.8 Å². The molecule has 0 saturated carbocycles. The maximum atomic E-state index is 12.5. The van der Waals surface area contributed by atoms with Crippen LogP contribution in [0.3, 0.4) is 0 Å². The van der Waals surface area contributed by atoms with Gasteiger partial charge in [-0.3, -0.25) is 14.3 Å². The van der Waals surface area contributed by atoms with Crippen LogP contribution in [0.25, 0.3) is 10.2 Å². The van der Waals surface area contributed by atoms with Crippen molar-refractivity contribution < 1.29 is 18.0 Å². The van der Waals surface area contributed by atoms with Gasteiger partial charge < -0.3 is 10.2 Å². The fraction of sp³-hybridized carbons (Fsp3) is 0.211. The van der Waals surface area contributed by atoms with Crippen molar-refractivity contribution in [3.05, 3.63) is 48.4 Å². The van der Waals surface area contributed by atoms with Crippen molar-refractivity contribution in [1.82, 2.24) is 9.88 Å². The standard InChI is InChI=1S/C19H18N4O4S3/c1-2-16(24)23-8-7-12(11-23)18(25)21-19-20-14-6-5-13(10-15(14)29-19)22-30(26,27)17-4-3-9-28-17/h2-6,9-10,12,22H,1,7-8,11H2,(H,20,21,25). The van der Waals surface area contributed by atoms with Gasteiger partial charge in [0.15, 0.2) is 5.13 Å². The summed E-state index contributed by atoms with van der Waals surface area (Å²) < 4.78 is 28.3. The molecule has 3 aromatic rings. The van der Waals surface area contributed by atoms with Crippen molar-refractivity contribution in [3.8, 4) is 0 Å². The second-order valence-electron chi connectivity index (χ2n) is 6.70. The molecular formula is C19H18N4O4S3. The maximum Gasteiger partial charge on any atom is 0.271 e. The summed E-state index contributed by atoms with van der Waals surface area (Å²) in [4.78, 5) is 30.2. The molecule has 1 atom stereocenters. The van der Waals surface area contributed by atoms with Crippen LogP contribution < -0.4 is 10.0 Å². The van der Waals surface area contributed by atoms with Gasteiger partial charge in [0.2, 0.25) is 11.8 Å². The number of hydrogen-bond acceptors (Lipinski definition) is 7. The van der Waals surface area contributed by atoms with Crippen LogP contribution in [0.4, 0.5) is 10.8 Å². The monoisotopic (exact) mass is 462 g/mol. The molecule has 156 valence electrons. The molecule has 0 aliphatic carbocycles. The highest BCUT2D eigenvalue weighted by molar-refractivity contribution is 7.94. The first-order valence-electron chi connectivity index (χ1n) is 9.05. The van der Waals surface area contributed by atoms with Crippen molar-refractivity contribution in [2.45, 2.75) is 10.6 Å². The summed E-state index contributed by atoms with van der Waals surface area (Å²) in [5, 5.41) is 4.94. The molecule has 30 heavy (non-hydrogen) atoms. The lowest BCUT2D eigenvalue weighted by atomic mass is 10.1.